The molecule has 2 aromatic carbocycles. The van der Waals surface area contributed by atoms with E-state index in [0.717, 1.165) is 22.7 Å². The smallest absolute Gasteiger partial charge is 0.234 e. The maximum atomic E-state index is 12.4. The molecule has 5 aromatic rings. The van der Waals surface area contributed by atoms with Crippen LogP contribution in [0.2, 0.25) is 0 Å². The Morgan fingerprint density at radius 2 is 1.76 bits per heavy atom. The van der Waals surface area contributed by atoms with Crippen LogP contribution in [0.3, 0.4) is 0 Å². The second-order valence-electron chi connectivity index (χ2n) is 6.94. The van der Waals surface area contributed by atoms with E-state index < -0.39 is 10.0 Å². The number of hydrogen-bond acceptors (Lipinski definition) is 9. The largest absolute Gasteiger partial charge is 0.366 e. The summed E-state index contributed by atoms with van der Waals surface area (Å²) in [4.78, 5) is 27.5. The molecule has 0 bridgehead atoms. The maximum absolute atomic E-state index is 12.4. The van der Waals surface area contributed by atoms with E-state index in [4.69, 9.17) is 0 Å². The van der Waals surface area contributed by atoms with Gasteiger partial charge < -0.3 is 20.3 Å². The normalized spacial score (nSPS) is 11.5. The van der Waals surface area contributed by atoms with Crippen molar-refractivity contribution in [1.29, 1.82) is 0 Å². The minimum atomic E-state index is -3.98. The Morgan fingerprint density at radius 3 is 2.56 bits per heavy atom. The number of carbonyl (C=O) groups is 1. The summed E-state index contributed by atoms with van der Waals surface area (Å²) in [6.45, 7) is 0. The number of nitrogens with one attached hydrogen (secondary N) is 2. The molecular formula is C21H15N8O3S2-. The number of aromatic amines is 1. The van der Waals surface area contributed by atoms with Gasteiger partial charge in [-0.05, 0) is 42.7 Å². The van der Waals surface area contributed by atoms with E-state index in [2.05, 4.69) is 40.2 Å². The highest BCUT2D eigenvalue weighted by atomic mass is 32.2. The molecule has 3 aromatic heterocycles. The molecule has 0 aliphatic carbocycles. The first-order valence-corrected chi connectivity index (χ1v) is 12.3. The van der Waals surface area contributed by atoms with Crippen LogP contribution in [0.25, 0.3) is 26.8 Å². The number of para-hydroxylation sites is 1. The molecule has 5 rings (SSSR count). The number of rotatable bonds is 7. The lowest BCUT2D eigenvalue weighted by molar-refractivity contribution is -0.113. The number of benzene rings is 2. The second-order valence-corrected chi connectivity index (χ2v) is 9.49. The van der Waals surface area contributed by atoms with Crippen molar-refractivity contribution in [2.24, 2.45) is 0 Å². The average Bonchev–Trinajstić information content (AvgIpc) is 3.21. The first kappa shape index (κ1) is 21.7. The van der Waals surface area contributed by atoms with Gasteiger partial charge in [-0.15, -0.1) is 10.2 Å². The number of carbonyl (C=O) groups excluding carboxylic acids is 1. The molecule has 11 nitrogen and oxygen atoms in total. The van der Waals surface area contributed by atoms with Gasteiger partial charge in [-0.1, -0.05) is 36.0 Å². The van der Waals surface area contributed by atoms with Gasteiger partial charge in [0.2, 0.25) is 21.1 Å². The van der Waals surface area contributed by atoms with Crippen LogP contribution < -0.4 is 5.32 Å². The first-order valence-electron chi connectivity index (χ1n) is 9.87. The lowest BCUT2D eigenvalue weighted by atomic mass is 10.2. The summed E-state index contributed by atoms with van der Waals surface area (Å²) in [6, 6.07) is 14.9. The highest BCUT2D eigenvalue weighted by Gasteiger charge is 2.13. The second kappa shape index (κ2) is 9.03. The van der Waals surface area contributed by atoms with E-state index in [1.54, 1.807) is 6.07 Å². The molecule has 0 aliphatic rings. The van der Waals surface area contributed by atoms with Crippen LogP contribution in [0.1, 0.15) is 0 Å². The molecular weight excluding hydrogens is 476 g/mol. The number of anilines is 1. The summed E-state index contributed by atoms with van der Waals surface area (Å²) in [5, 5.41) is 12.3. The van der Waals surface area contributed by atoms with Gasteiger partial charge in [-0.3, -0.25) is 9.52 Å². The number of nitrogens with zero attached hydrogens (tertiary/aromatic N) is 6. The van der Waals surface area contributed by atoms with E-state index in [1.165, 1.54) is 36.7 Å². The van der Waals surface area contributed by atoms with Crippen molar-refractivity contribution < 1.29 is 13.2 Å². The van der Waals surface area contributed by atoms with Crippen molar-refractivity contribution in [3.05, 3.63) is 71.7 Å². The van der Waals surface area contributed by atoms with E-state index in [-0.39, 0.29) is 22.5 Å². The van der Waals surface area contributed by atoms with Gasteiger partial charge >= 0.3 is 0 Å². The summed E-state index contributed by atoms with van der Waals surface area (Å²) in [5.41, 5.74) is 2.62. The lowest BCUT2D eigenvalue weighted by Gasteiger charge is -2.12. The van der Waals surface area contributed by atoms with Crippen molar-refractivity contribution in [3.63, 3.8) is 0 Å². The molecule has 1 amide bonds. The maximum Gasteiger partial charge on any atom is 0.234 e. The van der Waals surface area contributed by atoms with Gasteiger partial charge in [-0.25, -0.2) is 13.4 Å². The van der Waals surface area contributed by atoms with Crippen LogP contribution >= 0.6 is 11.8 Å². The molecule has 3 heterocycles. The molecule has 13 heteroatoms. The predicted octanol–water partition coefficient (Wildman–Crippen LogP) is 3.42. The number of sulfonamides is 1. The third kappa shape index (κ3) is 4.65. The summed E-state index contributed by atoms with van der Waals surface area (Å²) in [5.74, 6) is -0.406. The molecule has 0 saturated heterocycles. The van der Waals surface area contributed by atoms with E-state index in [9.17, 15) is 13.2 Å². The van der Waals surface area contributed by atoms with Crippen LogP contribution in [0.15, 0.2) is 77.0 Å². The van der Waals surface area contributed by atoms with Crippen molar-refractivity contribution in [2.75, 3.05) is 11.1 Å². The molecule has 0 saturated carbocycles. The number of amides is 1. The van der Waals surface area contributed by atoms with Crippen LogP contribution in [0.5, 0.6) is 0 Å². The summed E-state index contributed by atoms with van der Waals surface area (Å²) < 4.78 is 28.4. The average molecular weight is 492 g/mol. The lowest BCUT2D eigenvalue weighted by Crippen LogP contribution is -2.14. The molecule has 0 spiro atoms. The Morgan fingerprint density at radius 1 is 1.00 bits per heavy atom. The van der Waals surface area contributed by atoms with Crippen LogP contribution in [-0.4, -0.2) is 50.2 Å². The van der Waals surface area contributed by atoms with Crippen molar-refractivity contribution in [1.82, 2.24) is 30.1 Å². The van der Waals surface area contributed by atoms with Gasteiger partial charge in [0.05, 0.1) is 10.6 Å². The Labute approximate surface area is 197 Å². The van der Waals surface area contributed by atoms with Crippen molar-refractivity contribution in [2.45, 2.75) is 10.1 Å². The first-order chi connectivity index (χ1) is 16.5. The van der Waals surface area contributed by atoms with Gasteiger partial charge in [0, 0.05) is 22.5 Å². The number of hydrogen-bond donors (Lipinski definition) is 2. The van der Waals surface area contributed by atoms with Gasteiger partial charge in [-0.2, -0.15) is 0 Å². The molecule has 34 heavy (non-hydrogen) atoms. The van der Waals surface area contributed by atoms with E-state index in [1.807, 2.05) is 24.3 Å². The predicted molar refractivity (Wildman–Crippen MR) is 127 cm³/mol. The minimum absolute atomic E-state index is 0.0431. The fraction of sp³-hybridized carbons (Fsp3) is 0.0476. The van der Waals surface area contributed by atoms with Gasteiger partial charge in [0.1, 0.15) is 5.52 Å². The molecule has 0 aliphatic heterocycles. The van der Waals surface area contributed by atoms with Crippen LogP contribution in [0, 0.1) is 0 Å². The van der Waals surface area contributed by atoms with Crippen LogP contribution in [-0.2, 0) is 14.8 Å². The third-order valence-electron chi connectivity index (χ3n) is 4.62. The Bertz CT molecular complexity index is 1590. The monoisotopic (exact) mass is 491 g/mol. The zero-order valence-corrected chi connectivity index (χ0v) is 18.9. The number of H-pyrrole nitrogens is 1. The fourth-order valence-electron chi connectivity index (χ4n) is 3.10. The van der Waals surface area contributed by atoms with Gasteiger partial charge in [0.15, 0.2) is 5.65 Å². The zero-order valence-electron chi connectivity index (χ0n) is 17.3. The third-order valence-corrected chi connectivity index (χ3v) is 6.73. The number of aromatic nitrogens is 6. The Hall–Kier alpha value is -4.10. The SMILES string of the molecule is O=C(CSc1nnc2c(n1)[nH]c1ccccc12)Nc1ccc(S(=O)(=O)[N-]c2ncccn2)cc1. The fourth-order valence-corrected chi connectivity index (χ4v) is 4.58. The zero-order chi connectivity index (χ0) is 23.5. The minimum Gasteiger partial charge on any atom is -0.366 e. The Kier molecular flexibility index (Phi) is 5.77. The number of thioether (sulfide) groups is 1. The Balaban J connectivity index is 1.20. The summed E-state index contributed by atoms with van der Waals surface area (Å²) >= 11 is 1.14. The van der Waals surface area contributed by atoms with Crippen molar-refractivity contribution in [3.8, 4) is 0 Å². The van der Waals surface area contributed by atoms with E-state index in [0.29, 0.717) is 22.0 Å². The molecule has 170 valence electrons. The highest BCUT2D eigenvalue weighted by Crippen LogP contribution is 2.25. The highest BCUT2D eigenvalue weighted by molar-refractivity contribution is 7.99. The molecule has 0 atom stereocenters. The number of fused-ring (bicyclic) bond motifs is 3. The summed E-state index contributed by atoms with van der Waals surface area (Å²) in [7, 11) is -3.98. The molecule has 0 fully saturated rings. The summed E-state index contributed by atoms with van der Waals surface area (Å²) in [6.07, 6.45) is 2.80. The van der Waals surface area contributed by atoms with Crippen LogP contribution in [0.4, 0.5) is 11.6 Å². The van der Waals surface area contributed by atoms with E-state index >= 15 is 0 Å². The van der Waals surface area contributed by atoms with Gasteiger partial charge in [0.25, 0.3) is 0 Å². The molecule has 2 N–H and O–H groups in total. The topological polar surface area (TPSA) is 158 Å². The standard InChI is InChI=1S/C21H16N8O3S2/c30-17(12-33-21-26-19-18(27-28-21)15-4-1-2-5-16(15)25-19)24-13-6-8-14(9-7-13)34(31,32)29-20-22-10-3-11-23-20/h1-11H,12H2,(H3,22,23,24,25,26,27,28,29,30)/p-1. The quantitative estimate of drug-likeness (QED) is 0.325. The van der Waals surface area contributed by atoms with Crippen molar-refractivity contribution >= 4 is 61.4 Å². The molecule has 0 unspecified atom stereocenters. The molecule has 0 radical (unpaired) electrons.